The molecule has 0 radical (unpaired) electrons. The number of piperazine rings is 1. The number of H-pyrrole nitrogens is 1. The topological polar surface area (TPSA) is 160 Å². The highest BCUT2D eigenvalue weighted by Gasteiger charge is 2.39. The molecule has 3 heterocycles. The molecule has 4 N–H and O–H groups in total. The molecule has 0 spiro atoms. The van der Waals surface area contributed by atoms with Gasteiger partial charge >= 0.3 is 36.4 Å². The number of anilines is 2. The number of alkyl halides is 9. The molecular weight excluding hydrogens is 685 g/mol. The largest absolute Gasteiger partial charge is 0.490 e. The summed E-state index contributed by atoms with van der Waals surface area (Å²) in [5, 5.41) is 29.5. The van der Waals surface area contributed by atoms with E-state index in [1.54, 1.807) is 0 Å². The van der Waals surface area contributed by atoms with E-state index in [0.29, 0.717) is 0 Å². The van der Waals surface area contributed by atoms with Crippen LogP contribution < -0.4 is 9.80 Å². The third-order valence-electron chi connectivity index (χ3n) is 6.26. The number of aryl methyl sites for hydroxylation is 1. The average molecular weight is 712 g/mol. The van der Waals surface area contributed by atoms with Gasteiger partial charge in [-0.15, -0.1) is 0 Å². The molecule has 1 fully saturated rings. The summed E-state index contributed by atoms with van der Waals surface area (Å²) in [5.41, 5.74) is 7.19. The number of carboxylic acid groups (broad SMARTS) is 3. The third-order valence-corrected chi connectivity index (χ3v) is 6.26. The first-order valence-corrected chi connectivity index (χ1v) is 13.5. The van der Waals surface area contributed by atoms with Crippen LogP contribution in [0.2, 0.25) is 0 Å². The average Bonchev–Trinajstić information content (AvgIpc) is 3.56. The molecule has 0 bridgehead atoms. The lowest BCUT2D eigenvalue weighted by atomic mass is 10.0. The zero-order valence-corrected chi connectivity index (χ0v) is 24.9. The van der Waals surface area contributed by atoms with Crippen molar-refractivity contribution in [3.05, 3.63) is 72.7 Å². The maximum Gasteiger partial charge on any atom is 0.490 e. The fourth-order valence-electron chi connectivity index (χ4n) is 4.03. The standard InChI is InChI=1S/C23H23N5.3C2HF3O2/c1-17-3-2-4-20(13-17)27-9-11-28(12-10-27)23-7-8-24-22-6-5-18(14-21(22)23)19-15-25-26-16-19;3*3-2(4,5)1(6)7/h2-8,13-16H,9-12H2,1H3,(H,25,26);3*(H,6,7). The monoisotopic (exact) mass is 711 g/mol. The van der Waals surface area contributed by atoms with E-state index in [4.69, 9.17) is 29.7 Å². The van der Waals surface area contributed by atoms with Crippen LogP contribution in [0.15, 0.2) is 67.1 Å². The van der Waals surface area contributed by atoms with Gasteiger partial charge in [0, 0.05) is 60.9 Å². The molecule has 1 saturated heterocycles. The second-order valence-corrected chi connectivity index (χ2v) is 9.77. The van der Waals surface area contributed by atoms with E-state index in [1.807, 2.05) is 18.6 Å². The Labute approximate surface area is 270 Å². The van der Waals surface area contributed by atoms with Crippen molar-refractivity contribution in [2.75, 3.05) is 36.0 Å². The van der Waals surface area contributed by atoms with E-state index < -0.39 is 36.4 Å². The third kappa shape index (κ3) is 12.5. The van der Waals surface area contributed by atoms with E-state index >= 15 is 0 Å². The van der Waals surface area contributed by atoms with Crippen molar-refractivity contribution in [3.63, 3.8) is 0 Å². The molecular formula is C29H26F9N5O6. The van der Waals surface area contributed by atoms with Crippen LogP contribution in [-0.2, 0) is 14.4 Å². The minimum absolute atomic E-state index is 1.00. The van der Waals surface area contributed by atoms with Gasteiger partial charge in [-0.25, -0.2) is 14.4 Å². The van der Waals surface area contributed by atoms with Gasteiger partial charge < -0.3 is 25.1 Å². The molecule has 1 aliphatic rings. The van der Waals surface area contributed by atoms with Crippen molar-refractivity contribution < 1.29 is 69.2 Å². The van der Waals surface area contributed by atoms with Crippen molar-refractivity contribution in [3.8, 4) is 11.1 Å². The number of fused-ring (bicyclic) bond motifs is 1. The summed E-state index contributed by atoms with van der Waals surface area (Å²) in [4.78, 5) is 36.2. The molecule has 0 unspecified atom stereocenters. The zero-order valence-electron chi connectivity index (χ0n) is 24.9. The highest BCUT2D eigenvalue weighted by Crippen LogP contribution is 2.31. The van der Waals surface area contributed by atoms with Crippen LogP contribution in [0.4, 0.5) is 50.9 Å². The Balaban J connectivity index is 0.000000325. The van der Waals surface area contributed by atoms with Gasteiger partial charge in [0.05, 0.1) is 11.7 Å². The molecule has 2 aromatic carbocycles. The number of aliphatic carboxylic acids is 3. The van der Waals surface area contributed by atoms with Crippen LogP contribution in [-0.4, -0.2) is 93.1 Å². The lowest BCUT2D eigenvalue weighted by Gasteiger charge is -2.38. The summed E-state index contributed by atoms with van der Waals surface area (Å²) in [6.07, 6.45) is -9.54. The van der Waals surface area contributed by atoms with Crippen LogP contribution in [0.25, 0.3) is 22.0 Å². The summed E-state index contributed by atoms with van der Waals surface area (Å²) in [6.45, 7) is 6.20. The molecule has 0 atom stereocenters. The minimum Gasteiger partial charge on any atom is -0.475 e. The Kier molecular flexibility index (Phi) is 13.3. The van der Waals surface area contributed by atoms with Crippen molar-refractivity contribution in [2.24, 2.45) is 0 Å². The van der Waals surface area contributed by atoms with Gasteiger partial charge in [-0.05, 0) is 48.4 Å². The van der Waals surface area contributed by atoms with Crippen LogP contribution in [0, 0.1) is 6.92 Å². The summed E-state index contributed by atoms with van der Waals surface area (Å²) in [6, 6.07) is 17.4. The zero-order chi connectivity index (χ0) is 37.2. The second-order valence-electron chi connectivity index (χ2n) is 9.77. The summed E-state index contributed by atoms with van der Waals surface area (Å²) in [5.74, 6) is -8.27. The normalized spacial score (nSPS) is 13.2. The lowest BCUT2D eigenvalue weighted by molar-refractivity contribution is -0.193. The predicted molar refractivity (Wildman–Crippen MR) is 156 cm³/mol. The van der Waals surface area contributed by atoms with Gasteiger partial charge in [0.15, 0.2) is 0 Å². The number of carboxylic acids is 3. The number of benzene rings is 2. The number of pyridine rings is 1. The molecule has 0 amide bonds. The number of nitrogens with one attached hydrogen (secondary N) is 1. The Morgan fingerprint density at radius 3 is 1.67 bits per heavy atom. The molecule has 20 heteroatoms. The SMILES string of the molecule is Cc1cccc(N2CCN(c3ccnc4ccc(-c5cn[nH]c5)cc34)CC2)c1.O=C(O)C(F)(F)F.O=C(O)C(F)(F)F.O=C(O)C(F)(F)F. The van der Waals surface area contributed by atoms with Crippen molar-refractivity contribution in [2.45, 2.75) is 25.5 Å². The number of aromatic nitrogens is 3. The van der Waals surface area contributed by atoms with Crippen LogP contribution in [0.3, 0.4) is 0 Å². The highest BCUT2D eigenvalue weighted by atomic mass is 19.4. The molecule has 0 saturated carbocycles. The molecule has 0 aliphatic carbocycles. The quantitative estimate of drug-likeness (QED) is 0.181. The Morgan fingerprint density at radius 1 is 0.714 bits per heavy atom. The molecule has 1 aliphatic heterocycles. The van der Waals surface area contributed by atoms with E-state index in [0.717, 1.165) is 42.8 Å². The van der Waals surface area contributed by atoms with Crippen molar-refractivity contribution in [1.82, 2.24) is 15.2 Å². The maximum absolute atomic E-state index is 10.6. The summed E-state index contributed by atoms with van der Waals surface area (Å²) < 4.78 is 95.2. The van der Waals surface area contributed by atoms with E-state index in [9.17, 15) is 39.5 Å². The van der Waals surface area contributed by atoms with E-state index in [-0.39, 0.29) is 0 Å². The lowest BCUT2D eigenvalue weighted by Crippen LogP contribution is -2.46. The van der Waals surface area contributed by atoms with Gasteiger partial charge in [0.2, 0.25) is 0 Å². The first-order chi connectivity index (χ1) is 22.6. The van der Waals surface area contributed by atoms with Crippen LogP contribution >= 0.6 is 0 Å². The molecule has 266 valence electrons. The number of hydrogen-bond donors (Lipinski definition) is 4. The van der Waals surface area contributed by atoms with Crippen LogP contribution in [0.1, 0.15) is 5.56 Å². The molecule has 4 aromatic rings. The molecule has 2 aromatic heterocycles. The van der Waals surface area contributed by atoms with E-state index in [1.165, 1.54) is 22.3 Å². The van der Waals surface area contributed by atoms with Gasteiger partial charge in [-0.1, -0.05) is 18.2 Å². The molecule has 49 heavy (non-hydrogen) atoms. The molecule has 11 nitrogen and oxygen atoms in total. The first kappa shape index (κ1) is 39.6. The number of halogens is 9. The van der Waals surface area contributed by atoms with Gasteiger partial charge in [0.25, 0.3) is 0 Å². The number of nitrogens with zero attached hydrogens (tertiary/aromatic N) is 4. The van der Waals surface area contributed by atoms with E-state index in [2.05, 4.69) is 80.4 Å². The number of rotatable bonds is 3. The van der Waals surface area contributed by atoms with Gasteiger partial charge in [-0.3, -0.25) is 10.1 Å². The van der Waals surface area contributed by atoms with Gasteiger partial charge in [0.1, 0.15) is 0 Å². The Bertz CT molecular complexity index is 1650. The number of hydrogen-bond acceptors (Lipinski definition) is 7. The van der Waals surface area contributed by atoms with Crippen LogP contribution in [0.5, 0.6) is 0 Å². The first-order valence-electron chi connectivity index (χ1n) is 13.5. The van der Waals surface area contributed by atoms with Crippen molar-refractivity contribution >= 4 is 40.2 Å². The van der Waals surface area contributed by atoms with Crippen molar-refractivity contribution in [1.29, 1.82) is 0 Å². The molecule has 5 rings (SSSR count). The summed E-state index contributed by atoms with van der Waals surface area (Å²) in [7, 11) is 0. The number of carbonyl (C=O) groups is 3. The fourth-order valence-corrected chi connectivity index (χ4v) is 4.03. The predicted octanol–water partition coefficient (Wildman–Crippen LogP) is 6.16. The maximum atomic E-state index is 10.6. The van der Waals surface area contributed by atoms with Gasteiger partial charge in [-0.2, -0.15) is 44.6 Å². The Morgan fingerprint density at radius 2 is 1.22 bits per heavy atom. The second kappa shape index (κ2) is 16.5. The summed E-state index contributed by atoms with van der Waals surface area (Å²) >= 11 is 0. The smallest absolute Gasteiger partial charge is 0.475 e. The Hall–Kier alpha value is -5.56. The number of aromatic amines is 1. The highest BCUT2D eigenvalue weighted by molar-refractivity contribution is 5.94. The minimum atomic E-state index is -5.08. The fraction of sp³-hybridized carbons (Fsp3) is 0.276.